The van der Waals surface area contributed by atoms with Crippen molar-refractivity contribution in [2.45, 2.75) is 77.6 Å². The quantitative estimate of drug-likeness (QED) is 0.294. The standard InChI is InChI=1S/C34H38/c1-32(2,3)26-17-18-27-23(21-26)22-29-28(27)19-20-30(33(4,5)6)31(29)34(7,25-15-11-12-16-25)24-13-9-8-10-14-24/h8-15,17-21H,16,22H2,1-7H3. The molecule has 5 rings (SSSR count). The predicted octanol–water partition coefficient (Wildman–Crippen LogP) is 9.05. The van der Waals surface area contributed by atoms with Gasteiger partial charge in [0.05, 0.1) is 0 Å². The van der Waals surface area contributed by atoms with Gasteiger partial charge in [-0.1, -0.05) is 126 Å². The van der Waals surface area contributed by atoms with Crippen LogP contribution in [0.3, 0.4) is 0 Å². The van der Waals surface area contributed by atoms with Gasteiger partial charge in [0.15, 0.2) is 0 Å². The monoisotopic (exact) mass is 446 g/mol. The number of allylic oxidation sites excluding steroid dienone is 4. The molecule has 0 nitrogen and oxygen atoms in total. The van der Waals surface area contributed by atoms with E-state index in [-0.39, 0.29) is 16.2 Å². The Morgan fingerprint density at radius 2 is 1.38 bits per heavy atom. The van der Waals surface area contributed by atoms with Gasteiger partial charge < -0.3 is 0 Å². The lowest BCUT2D eigenvalue weighted by molar-refractivity contribution is 0.554. The van der Waals surface area contributed by atoms with E-state index in [4.69, 9.17) is 0 Å². The van der Waals surface area contributed by atoms with E-state index >= 15 is 0 Å². The highest BCUT2D eigenvalue weighted by Gasteiger charge is 2.41. The molecule has 0 saturated heterocycles. The van der Waals surface area contributed by atoms with Gasteiger partial charge in [0.2, 0.25) is 0 Å². The number of benzene rings is 3. The first-order valence-corrected chi connectivity index (χ1v) is 12.7. The summed E-state index contributed by atoms with van der Waals surface area (Å²) in [4.78, 5) is 0. The molecule has 34 heavy (non-hydrogen) atoms. The molecular weight excluding hydrogens is 408 g/mol. The maximum Gasteiger partial charge on any atom is 0.0395 e. The third-order valence-corrected chi connectivity index (χ3v) is 8.01. The van der Waals surface area contributed by atoms with Crippen LogP contribution < -0.4 is 0 Å². The van der Waals surface area contributed by atoms with Crippen molar-refractivity contribution in [3.8, 4) is 11.1 Å². The molecule has 1 unspecified atom stereocenters. The zero-order chi connectivity index (χ0) is 24.3. The second kappa shape index (κ2) is 7.84. The van der Waals surface area contributed by atoms with Crippen LogP contribution in [-0.4, -0.2) is 0 Å². The maximum absolute atomic E-state index is 2.47. The second-order valence-corrected chi connectivity index (χ2v) is 12.4. The topological polar surface area (TPSA) is 0 Å². The highest BCUT2D eigenvalue weighted by molar-refractivity contribution is 5.81. The first-order chi connectivity index (χ1) is 16.0. The van der Waals surface area contributed by atoms with Gasteiger partial charge in [-0.3, -0.25) is 0 Å². The summed E-state index contributed by atoms with van der Waals surface area (Å²) in [6, 6.07) is 23.2. The third kappa shape index (κ3) is 3.59. The minimum absolute atomic E-state index is 0.0539. The van der Waals surface area contributed by atoms with Gasteiger partial charge in [0.1, 0.15) is 0 Å². The molecule has 0 spiro atoms. The fourth-order valence-corrected chi connectivity index (χ4v) is 6.02. The van der Waals surface area contributed by atoms with E-state index in [0.29, 0.717) is 0 Å². The van der Waals surface area contributed by atoms with Crippen molar-refractivity contribution in [1.29, 1.82) is 0 Å². The molecule has 0 saturated carbocycles. The highest BCUT2D eigenvalue weighted by Crippen LogP contribution is 2.52. The number of hydrogen-bond donors (Lipinski definition) is 0. The third-order valence-electron chi connectivity index (χ3n) is 8.01. The molecule has 3 aromatic rings. The van der Waals surface area contributed by atoms with Crippen molar-refractivity contribution in [2.75, 3.05) is 0 Å². The summed E-state index contributed by atoms with van der Waals surface area (Å²) in [5, 5.41) is 0. The fourth-order valence-electron chi connectivity index (χ4n) is 6.02. The largest absolute Gasteiger partial charge is 0.0804 e. The van der Waals surface area contributed by atoms with Gasteiger partial charge in [0, 0.05) is 5.41 Å². The molecule has 0 heterocycles. The first-order valence-electron chi connectivity index (χ1n) is 12.7. The molecule has 0 fully saturated rings. The van der Waals surface area contributed by atoms with Crippen molar-refractivity contribution in [1.82, 2.24) is 0 Å². The molecule has 0 N–H and O–H groups in total. The molecule has 0 bridgehead atoms. The molecule has 2 aliphatic carbocycles. The molecule has 1 atom stereocenters. The lowest BCUT2D eigenvalue weighted by Crippen LogP contribution is -2.32. The molecule has 0 heteroatoms. The van der Waals surface area contributed by atoms with E-state index in [1.165, 1.54) is 50.1 Å². The number of rotatable bonds is 3. The van der Waals surface area contributed by atoms with E-state index in [9.17, 15) is 0 Å². The lowest BCUT2D eigenvalue weighted by Gasteiger charge is -2.39. The van der Waals surface area contributed by atoms with Crippen LogP contribution in [0.4, 0.5) is 0 Å². The summed E-state index contributed by atoms with van der Waals surface area (Å²) in [5.41, 5.74) is 13.2. The lowest BCUT2D eigenvalue weighted by atomic mass is 9.64. The molecule has 2 aliphatic rings. The maximum atomic E-state index is 2.47. The molecule has 174 valence electrons. The van der Waals surface area contributed by atoms with Gasteiger partial charge in [-0.2, -0.15) is 0 Å². The second-order valence-electron chi connectivity index (χ2n) is 12.4. The van der Waals surface area contributed by atoms with Crippen LogP contribution in [0, 0.1) is 0 Å². The Bertz CT molecular complexity index is 1300. The zero-order valence-electron chi connectivity index (χ0n) is 21.9. The van der Waals surface area contributed by atoms with Gasteiger partial charge in [-0.15, -0.1) is 0 Å². The number of hydrogen-bond acceptors (Lipinski definition) is 0. The predicted molar refractivity (Wildman–Crippen MR) is 147 cm³/mol. The molecular formula is C34H38. The number of fused-ring (bicyclic) bond motifs is 3. The molecule has 0 amide bonds. The SMILES string of the molecule is CC(C)(C)c1ccc2c(c1)Cc1c-2ccc(C(C)(C)C)c1C(C)(C1=CC=CC1)c1ccccc1. The van der Waals surface area contributed by atoms with E-state index in [2.05, 4.69) is 127 Å². The van der Waals surface area contributed by atoms with Crippen LogP contribution in [0.25, 0.3) is 11.1 Å². The van der Waals surface area contributed by atoms with Crippen LogP contribution in [0.2, 0.25) is 0 Å². The Hall–Kier alpha value is -2.86. The van der Waals surface area contributed by atoms with Crippen LogP contribution in [0.1, 0.15) is 88.3 Å². The van der Waals surface area contributed by atoms with Crippen molar-refractivity contribution in [2.24, 2.45) is 0 Å². The summed E-state index contributed by atoms with van der Waals surface area (Å²) < 4.78 is 0. The van der Waals surface area contributed by atoms with Crippen molar-refractivity contribution in [3.05, 3.63) is 118 Å². The van der Waals surface area contributed by atoms with E-state index < -0.39 is 0 Å². The van der Waals surface area contributed by atoms with Gasteiger partial charge in [-0.05, 0) is 75.1 Å². The summed E-state index contributed by atoms with van der Waals surface area (Å²) in [7, 11) is 0. The molecule has 0 aromatic heterocycles. The smallest absolute Gasteiger partial charge is 0.0395 e. The zero-order valence-corrected chi connectivity index (χ0v) is 21.9. The van der Waals surface area contributed by atoms with E-state index in [1.807, 2.05) is 0 Å². The summed E-state index contributed by atoms with van der Waals surface area (Å²) in [5.74, 6) is 0. The summed E-state index contributed by atoms with van der Waals surface area (Å²) >= 11 is 0. The molecule has 0 aliphatic heterocycles. The Morgan fingerprint density at radius 1 is 0.676 bits per heavy atom. The van der Waals surface area contributed by atoms with Crippen molar-refractivity contribution in [3.63, 3.8) is 0 Å². The minimum atomic E-state index is -0.173. The average molecular weight is 447 g/mol. The minimum Gasteiger partial charge on any atom is -0.0804 e. The summed E-state index contributed by atoms with van der Waals surface area (Å²) in [6.45, 7) is 16.5. The Balaban J connectivity index is 1.80. The van der Waals surface area contributed by atoms with Gasteiger partial charge in [0.25, 0.3) is 0 Å². The Kier molecular flexibility index (Phi) is 5.28. The first kappa shape index (κ1) is 22.9. The van der Waals surface area contributed by atoms with Crippen LogP contribution in [0.5, 0.6) is 0 Å². The van der Waals surface area contributed by atoms with Gasteiger partial charge >= 0.3 is 0 Å². The van der Waals surface area contributed by atoms with Crippen molar-refractivity contribution >= 4 is 0 Å². The normalized spacial score (nSPS) is 16.7. The van der Waals surface area contributed by atoms with Gasteiger partial charge in [-0.25, -0.2) is 0 Å². The van der Waals surface area contributed by atoms with E-state index in [0.717, 1.165) is 12.8 Å². The fraction of sp³-hybridized carbons (Fsp3) is 0.353. The van der Waals surface area contributed by atoms with Crippen molar-refractivity contribution < 1.29 is 0 Å². The van der Waals surface area contributed by atoms with E-state index in [1.54, 1.807) is 0 Å². The Morgan fingerprint density at radius 3 is 2.00 bits per heavy atom. The van der Waals surface area contributed by atoms with Crippen LogP contribution in [0.15, 0.2) is 84.5 Å². The van der Waals surface area contributed by atoms with Crippen LogP contribution in [-0.2, 0) is 22.7 Å². The highest BCUT2D eigenvalue weighted by atomic mass is 14.4. The summed E-state index contributed by atoms with van der Waals surface area (Å²) in [6.07, 6.45) is 8.93. The average Bonchev–Trinajstić information content (AvgIpc) is 3.45. The molecule has 3 aromatic carbocycles. The molecule has 0 radical (unpaired) electrons. The van der Waals surface area contributed by atoms with Crippen LogP contribution >= 0.6 is 0 Å². The Labute approximate surface area is 206 Å².